The van der Waals surface area contributed by atoms with Gasteiger partial charge in [0.15, 0.2) is 0 Å². The molecule has 1 atom stereocenters. The van der Waals surface area contributed by atoms with Crippen molar-refractivity contribution in [2.24, 2.45) is 0 Å². The predicted molar refractivity (Wildman–Crippen MR) is 112 cm³/mol. The van der Waals surface area contributed by atoms with E-state index in [1.165, 1.54) is 11.0 Å². The van der Waals surface area contributed by atoms with Gasteiger partial charge in [-0.1, -0.05) is 23.7 Å². The molecule has 1 amide bonds. The lowest BCUT2D eigenvalue weighted by atomic mass is 10.1. The van der Waals surface area contributed by atoms with E-state index in [4.69, 9.17) is 21.3 Å². The van der Waals surface area contributed by atoms with Gasteiger partial charge in [-0.15, -0.1) is 5.10 Å². The standard InChI is InChI=1S/C20H20ClN7O2/c1-13(19-24-16-5-3-4-6-17(16)27(19)9-10-30-2)23-20(29)15-8-7-14(21)11-18(15)28-12-22-25-26-28/h3-8,11-13H,9-10H2,1-2H3,(H,23,29). The number of benzene rings is 2. The molecule has 0 fully saturated rings. The summed E-state index contributed by atoms with van der Waals surface area (Å²) in [7, 11) is 1.66. The Balaban J connectivity index is 1.65. The van der Waals surface area contributed by atoms with Gasteiger partial charge in [0.2, 0.25) is 0 Å². The van der Waals surface area contributed by atoms with Crippen molar-refractivity contribution in [2.45, 2.75) is 19.5 Å². The van der Waals surface area contributed by atoms with E-state index in [1.54, 1.807) is 25.3 Å². The van der Waals surface area contributed by atoms with Gasteiger partial charge in [0, 0.05) is 18.7 Å². The molecule has 0 aliphatic carbocycles. The Kier molecular flexibility index (Phi) is 5.73. The number of halogens is 1. The number of methoxy groups -OCH3 is 1. The third kappa shape index (κ3) is 3.89. The Hall–Kier alpha value is -3.30. The van der Waals surface area contributed by atoms with Crippen LogP contribution < -0.4 is 5.32 Å². The van der Waals surface area contributed by atoms with E-state index >= 15 is 0 Å². The summed E-state index contributed by atoms with van der Waals surface area (Å²) in [5.74, 6) is 0.467. The SMILES string of the molecule is COCCn1c(C(C)NC(=O)c2ccc(Cl)cc2-n2cnnn2)nc2ccccc21. The van der Waals surface area contributed by atoms with Crippen LogP contribution in [0.2, 0.25) is 5.02 Å². The van der Waals surface area contributed by atoms with Gasteiger partial charge in [-0.3, -0.25) is 4.79 Å². The summed E-state index contributed by atoms with van der Waals surface area (Å²) in [6, 6.07) is 12.5. The van der Waals surface area contributed by atoms with Gasteiger partial charge in [-0.25, -0.2) is 4.98 Å². The van der Waals surface area contributed by atoms with Crippen molar-refractivity contribution in [3.63, 3.8) is 0 Å². The molecule has 2 heterocycles. The van der Waals surface area contributed by atoms with E-state index in [0.29, 0.717) is 29.4 Å². The number of ether oxygens (including phenoxy) is 1. The van der Waals surface area contributed by atoms with E-state index in [0.717, 1.165) is 16.9 Å². The van der Waals surface area contributed by atoms with Crippen LogP contribution in [-0.2, 0) is 11.3 Å². The second-order valence-corrected chi connectivity index (χ2v) is 7.15. The van der Waals surface area contributed by atoms with Crippen molar-refractivity contribution >= 4 is 28.5 Å². The van der Waals surface area contributed by atoms with Crippen molar-refractivity contribution in [1.82, 2.24) is 35.1 Å². The van der Waals surface area contributed by atoms with Crippen molar-refractivity contribution in [3.05, 3.63) is 65.2 Å². The average Bonchev–Trinajstić information content (AvgIpc) is 3.40. The fraction of sp³-hybridized carbons (Fsp3) is 0.250. The molecule has 30 heavy (non-hydrogen) atoms. The van der Waals surface area contributed by atoms with E-state index in [-0.39, 0.29) is 11.9 Å². The van der Waals surface area contributed by atoms with Crippen LogP contribution in [0, 0.1) is 0 Å². The van der Waals surface area contributed by atoms with Crippen molar-refractivity contribution in [1.29, 1.82) is 0 Å². The van der Waals surface area contributed by atoms with Crippen LogP contribution in [0.5, 0.6) is 0 Å². The summed E-state index contributed by atoms with van der Waals surface area (Å²) >= 11 is 6.12. The maximum Gasteiger partial charge on any atom is 0.254 e. The van der Waals surface area contributed by atoms with Crippen LogP contribution in [0.4, 0.5) is 0 Å². The van der Waals surface area contributed by atoms with Gasteiger partial charge in [0.05, 0.1) is 34.9 Å². The maximum atomic E-state index is 13.1. The summed E-state index contributed by atoms with van der Waals surface area (Å²) in [6.45, 7) is 3.06. The first-order valence-corrected chi connectivity index (χ1v) is 9.74. The molecule has 0 radical (unpaired) electrons. The number of nitrogens with zero attached hydrogens (tertiary/aromatic N) is 6. The Labute approximate surface area is 177 Å². The van der Waals surface area contributed by atoms with Crippen molar-refractivity contribution < 1.29 is 9.53 Å². The summed E-state index contributed by atoms with van der Waals surface area (Å²) in [6.07, 6.45) is 1.41. The monoisotopic (exact) mass is 425 g/mol. The number of fused-ring (bicyclic) bond motifs is 1. The Morgan fingerprint density at radius 3 is 2.87 bits per heavy atom. The van der Waals surface area contributed by atoms with Crippen LogP contribution in [-0.4, -0.2) is 49.4 Å². The largest absolute Gasteiger partial charge is 0.383 e. The first-order chi connectivity index (χ1) is 14.6. The zero-order valence-corrected chi connectivity index (χ0v) is 17.2. The van der Waals surface area contributed by atoms with E-state index in [9.17, 15) is 4.79 Å². The van der Waals surface area contributed by atoms with Gasteiger partial charge in [0.25, 0.3) is 5.91 Å². The normalized spacial score (nSPS) is 12.2. The Morgan fingerprint density at radius 2 is 2.10 bits per heavy atom. The second-order valence-electron chi connectivity index (χ2n) is 6.71. The molecule has 4 rings (SSSR count). The molecule has 0 saturated heterocycles. The lowest BCUT2D eigenvalue weighted by Crippen LogP contribution is -2.30. The van der Waals surface area contributed by atoms with E-state index < -0.39 is 0 Å². The Morgan fingerprint density at radius 1 is 1.27 bits per heavy atom. The molecule has 1 unspecified atom stereocenters. The average molecular weight is 426 g/mol. The molecule has 10 heteroatoms. The number of nitrogens with one attached hydrogen (secondary N) is 1. The highest BCUT2D eigenvalue weighted by atomic mass is 35.5. The summed E-state index contributed by atoms with van der Waals surface area (Å²) in [5, 5.41) is 14.6. The lowest BCUT2D eigenvalue weighted by Gasteiger charge is -2.17. The number of rotatable bonds is 7. The minimum atomic E-state index is -0.348. The minimum absolute atomic E-state index is 0.282. The second kappa shape index (κ2) is 8.60. The minimum Gasteiger partial charge on any atom is -0.383 e. The van der Waals surface area contributed by atoms with Crippen LogP contribution in [0.1, 0.15) is 29.1 Å². The number of para-hydroxylation sites is 2. The number of imidazole rings is 1. The van der Waals surface area contributed by atoms with Crippen LogP contribution in [0.3, 0.4) is 0 Å². The predicted octanol–water partition coefficient (Wildman–Crippen LogP) is 2.80. The highest BCUT2D eigenvalue weighted by Gasteiger charge is 2.21. The molecule has 0 spiro atoms. The molecular formula is C20H20ClN7O2. The topological polar surface area (TPSA) is 99.8 Å². The Bertz CT molecular complexity index is 1170. The third-order valence-corrected chi connectivity index (χ3v) is 4.97. The van der Waals surface area contributed by atoms with Gasteiger partial charge >= 0.3 is 0 Å². The van der Waals surface area contributed by atoms with Crippen molar-refractivity contribution in [3.8, 4) is 5.69 Å². The quantitative estimate of drug-likeness (QED) is 0.488. The molecule has 0 saturated carbocycles. The van der Waals surface area contributed by atoms with E-state index in [1.807, 2.05) is 31.2 Å². The molecule has 1 N–H and O–H groups in total. The fourth-order valence-corrected chi connectivity index (χ4v) is 3.51. The number of hydrogen-bond acceptors (Lipinski definition) is 6. The van der Waals surface area contributed by atoms with Crippen molar-refractivity contribution in [2.75, 3.05) is 13.7 Å². The zero-order valence-electron chi connectivity index (χ0n) is 16.5. The maximum absolute atomic E-state index is 13.1. The molecule has 0 aliphatic rings. The molecule has 9 nitrogen and oxygen atoms in total. The van der Waals surface area contributed by atoms with Gasteiger partial charge in [-0.2, -0.15) is 4.68 Å². The number of hydrogen-bond donors (Lipinski definition) is 1. The van der Waals surface area contributed by atoms with Crippen LogP contribution >= 0.6 is 11.6 Å². The lowest BCUT2D eigenvalue weighted by molar-refractivity contribution is 0.0937. The molecule has 0 aliphatic heterocycles. The number of carbonyl (C=O) groups excluding carboxylic acids is 1. The third-order valence-electron chi connectivity index (χ3n) is 4.74. The highest BCUT2D eigenvalue weighted by molar-refractivity contribution is 6.31. The number of aromatic nitrogens is 6. The van der Waals surface area contributed by atoms with E-state index in [2.05, 4.69) is 25.4 Å². The number of carbonyl (C=O) groups is 1. The number of tetrazole rings is 1. The molecule has 154 valence electrons. The molecular weight excluding hydrogens is 406 g/mol. The van der Waals surface area contributed by atoms with Gasteiger partial charge < -0.3 is 14.6 Å². The number of amides is 1. The summed E-state index contributed by atoms with van der Waals surface area (Å²) in [5.41, 5.74) is 2.75. The molecule has 2 aromatic carbocycles. The van der Waals surface area contributed by atoms with Gasteiger partial charge in [0.1, 0.15) is 12.2 Å². The molecule has 2 aromatic heterocycles. The summed E-state index contributed by atoms with van der Waals surface area (Å²) < 4.78 is 8.71. The van der Waals surface area contributed by atoms with Crippen LogP contribution in [0.25, 0.3) is 16.7 Å². The first-order valence-electron chi connectivity index (χ1n) is 9.36. The fourth-order valence-electron chi connectivity index (χ4n) is 3.34. The molecule has 4 aromatic rings. The van der Waals surface area contributed by atoms with Crippen LogP contribution in [0.15, 0.2) is 48.8 Å². The smallest absolute Gasteiger partial charge is 0.254 e. The first kappa shape index (κ1) is 20.0. The van der Waals surface area contributed by atoms with Gasteiger partial charge in [-0.05, 0) is 47.7 Å². The summed E-state index contributed by atoms with van der Waals surface area (Å²) in [4.78, 5) is 17.8. The highest BCUT2D eigenvalue weighted by Crippen LogP contribution is 2.23. The molecule has 0 bridgehead atoms. The zero-order chi connectivity index (χ0) is 21.1.